The van der Waals surface area contributed by atoms with E-state index in [1.165, 1.54) is 21.3 Å². The number of piperazine rings is 1. The average Bonchev–Trinajstić information content (AvgIpc) is 2.72. The van der Waals surface area contributed by atoms with Gasteiger partial charge in [0.05, 0.1) is 27.9 Å². The predicted octanol–water partition coefficient (Wildman–Crippen LogP) is 2.41. The fourth-order valence-corrected chi connectivity index (χ4v) is 2.87. The summed E-state index contributed by atoms with van der Waals surface area (Å²) in [6.07, 6.45) is 1.51. The highest BCUT2D eigenvalue weighted by Gasteiger charge is 2.27. The highest BCUT2D eigenvalue weighted by atomic mass is 16.6. The summed E-state index contributed by atoms with van der Waals surface area (Å²) in [7, 11) is 4.53. The van der Waals surface area contributed by atoms with Crippen LogP contribution in [0.4, 0.5) is 4.79 Å². The van der Waals surface area contributed by atoms with Crippen LogP contribution in [0.2, 0.25) is 0 Å². The molecule has 0 aliphatic carbocycles. The number of carbonyl (C=O) groups excluding carboxylic acids is 2. The first-order valence-corrected chi connectivity index (χ1v) is 9.06. The highest BCUT2D eigenvalue weighted by Crippen LogP contribution is 2.38. The van der Waals surface area contributed by atoms with Gasteiger partial charge in [0, 0.05) is 31.7 Å². The second-order valence-electron chi connectivity index (χ2n) is 6.16. The number of hydrogen-bond donors (Lipinski definition) is 0. The molecule has 0 atom stereocenters. The molecule has 150 valence electrons. The molecule has 2 rings (SSSR count). The van der Waals surface area contributed by atoms with Crippen molar-refractivity contribution in [1.82, 2.24) is 9.80 Å². The van der Waals surface area contributed by atoms with Crippen LogP contribution in [0.25, 0.3) is 0 Å². The van der Waals surface area contributed by atoms with Crippen molar-refractivity contribution < 1.29 is 28.5 Å². The summed E-state index contributed by atoms with van der Waals surface area (Å²) in [4.78, 5) is 28.2. The molecule has 0 N–H and O–H groups in total. The van der Waals surface area contributed by atoms with E-state index in [0.717, 1.165) is 12.8 Å². The third-order valence-electron chi connectivity index (χ3n) is 4.46. The van der Waals surface area contributed by atoms with Gasteiger partial charge in [-0.15, -0.1) is 0 Å². The zero-order valence-electron chi connectivity index (χ0n) is 16.4. The third kappa shape index (κ3) is 4.96. The van der Waals surface area contributed by atoms with Gasteiger partial charge in [0.15, 0.2) is 11.5 Å². The molecule has 1 aliphatic heterocycles. The average molecular weight is 380 g/mol. The minimum atomic E-state index is -0.316. The van der Waals surface area contributed by atoms with Crippen LogP contribution in [-0.2, 0) is 4.74 Å². The number of nitrogens with zero attached hydrogens (tertiary/aromatic N) is 2. The van der Waals surface area contributed by atoms with Gasteiger partial charge in [0.25, 0.3) is 5.91 Å². The van der Waals surface area contributed by atoms with E-state index in [1.54, 1.807) is 21.9 Å². The number of amides is 2. The molecule has 0 aromatic heterocycles. The summed E-state index contributed by atoms with van der Waals surface area (Å²) >= 11 is 0. The first-order chi connectivity index (χ1) is 13.0. The summed E-state index contributed by atoms with van der Waals surface area (Å²) in [5.74, 6) is 1.15. The summed E-state index contributed by atoms with van der Waals surface area (Å²) in [6.45, 7) is 4.25. The van der Waals surface area contributed by atoms with Crippen molar-refractivity contribution >= 4 is 12.0 Å². The minimum absolute atomic E-state index is 0.145. The SMILES string of the molecule is CCCCOC(=O)N1CCN(C(=O)c2cc(OC)c(OC)c(OC)c2)CC1. The highest BCUT2D eigenvalue weighted by molar-refractivity contribution is 5.95. The Morgan fingerprint density at radius 1 is 0.926 bits per heavy atom. The second-order valence-corrected chi connectivity index (χ2v) is 6.16. The van der Waals surface area contributed by atoms with E-state index in [-0.39, 0.29) is 12.0 Å². The Bertz CT molecular complexity index is 631. The third-order valence-corrected chi connectivity index (χ3v) is 4.46. The van der Waals surface area contributed by atoms with Gasteiger partial charge in [0.2, 0.25) is 5.75 Å². The Balaban J connectivity index is 2.02. The molecule has 1 aromatic rings. The molecule has 0 spiro atoms. The zero-order valence-corrected chi connectivity index (χ0v) is 16.4. The Labute approximate surface area is 159 Å². The van der Waals surface area contributed by atoms with E-state index in [0.29, 0.717) is 55.6 Å². The van der Waals surface area contributed by atoms with Crippen molar-refractivity contribution in [2.24, 2.45) is 0 Å². The number of rotatable bonds is 7. The molecule has 0 unspecified atom stereocenters. The first-order valence-electron chi connectivity index (χ1n) is 9.06. The van der Waals surface area contributed by atoms with Crippen molar-refractivity contribution in [3.05, 3.63) is 17.7 Å². The lowest BCUT2D eigenvalue weighted by Crippen LogP contribution is -2.50. The molecule has 8 nitrogen and oxygen atoms in total. The quantitative estimate of drug-likeness (QED) is 0.676. The van der Waals surface area contributed by atoms with E-state index in [4.69, 9.17) is 18.9 Å². The van der Waals surface area contributed by atoms with Gasteiger partial charge in [-0.25, -0.2) is 4.79 Å². The topological polar surface area (TPSA) is 77.5 Å². The smallest absolute Gasteiger partial charge is 0.409 e. The van der Waals surface area contributed by atoms with E-state index >= 15 is 0 Å². The Morgan fingerprint density at radius 2 is 1.48 bits per heavy atom. The monoisotopic (exact) mass is 380 g/mol. The van der Waals surface area contributed by atoms with Gasteiger partial charge in [-0.3, -0.25) is 4.79 Å². The van der Waals surface area contributed by atoms with E-state index in [1.807, 2.05) is 6.92 Å². The lowest BCUT2D eigenvalue weighted by Gasteiger charge is -2.34. The van der Waals surface area contributed by atoms with Crippen molar-refractivity contribution in [1.29, 1.82) is 0 Å². The number of carbonyl (C=O) groups is 2. The van der Waals surface area contributed by atoms with E-state index in [9.17, 15) is 9.59 Å². The number of unbranched alkanes of at least 4 members (excludes halogenated alkanes) is 1. The molecule has 0 radical (unpaired) electrons. The van der Waals surface area contributed by atoms with Gasteiger partial charge in [-0.1, -0.05) is 13.3 Å². The van der Waals surface area contributed by atoms with Crippen molar-refractivity contribution in [2.75, 3.05) is 54.1 Å². The van der Waals surface area contributed by atoms with Crippen LogP contribution >= 0.6 is 0 Å². The molecule has 8 heteroatoms. The molecule has 1 aliphatic rings. The standard InChI is InChI=1S/C19H28N2O6/c1-5-6-11-27-19(23)21-9-7-20(8-10-21)18(22)14-12-15(24-2)17(26-4)16(13-14)25-3/h12-13H,5-11H2,1-4H3. The number of benzene rings is 1. The van der Waals surface area contributed by atoms with Crippen LogP contribution in [-0.4, -0.2) is 75.9 Å². The zero-order chi connectivity index (χ0) is 19.8. The number of hydrogen-bond acceptors (Lipinski definition) is 6. The molecule has 0 bridgehead atoms. The van der Waals surface area contributed by atoms with Crippen LogP contribution < -0.4 is 14.2 Å². The number of ether oxygens (including phenoxy) is 4. The van der Waals surface area contributed by atoms with Crippen LogP contribution in [0.1, 0.15) is 30.1 Å². The molecule has 1 aromatic carbocycles. The fraction of sp³-hybridized carbons (Fsp3) is 0.579. The Hall–Kier alpha value is -2.64. The second kappa shape index (κ2) is 9.89. The molecule has 1 saturated heterocycles. The van der Waals surface area contributed by atoms with E-state index in [2.05, 4.69) is 0 Å². The fourth-order valence-electron chi connectivity index (χ4n) is 2.87. The number of methoxy groups -OCH3 is 3. The lowest BCUT2D eigenvalue weighted by atomic mass is 10.1. The van der Waals surface area contributed by atoms with Gasteiger partial charge in [-0.05, 0) is 18.6 Å². The van der Waals surface area contributed by atoms with Crippen LogP contribution in [0.3, 0.4) is 0 Å². The summed E-state index contributed by atoms with van der Waals surface area (Å²) < 4.78 is 21.1. The van der Waals surface area contributed by atoms with Gasteiger partial charge >= 0.3 is 6.09 Å². The molecule has 0 saturated carbocycles. The normalized spacial score (nSPS) is 13.9. The summed E-state index contributed by atoms with van der Waals surface area (Å²) in [6, 6.07) is 3.27. The molecule has 2 amide bonds. The maximum atomic E-state index is 12.9. The van der Waals surface area contributed by atoms with Crippen LogP contribution in [0, 0.1) is 0 Å². The minimum Gasteiger partial charge on any atom is -0.493 e. The van der Waals surface area contributed by atoms with Crippen LogP contribution in [0.15, 0.2) is 12.1 Å². The summed E-state index contributed by atoms with van der Waals surface area (Å²) in [5, 5.41) is 0. The van der Waals surface area contributed by atoms with Crippen molar-refractivity contribution in [3.63, 3.8) is 0 Å². The molecule has 27 heavy (non-hydrogen) atoms. The van der Waals surface area contributed by atoms with Crippen molar-refractivity contribution in [3.8, 4) is 17.2 Å². The lowest BCUT2D eigenvalue weighted by molar-refractivity contribution is 0.0557. The maximum Gasteiger partial charge on any atom is 0.409 e. The van der Waals surface area contributed by atoms with Crippen molar-refractivity contribution in [2.45, 2.75) is 19.8 Å². The van der Waals surface area contributed by atoms with Gasteiger partial charge in [-0.2, -0.15) is 0 Å². The first kappa shape index (κ1) is 20.7. The van der Waals surface area contributed by atoms with Crippen LogP contribution in [0.5, 0.6) is 17.2 Å². The Morgan fingerprint density at radius 3 is 1.96 bits per heavy atom. The van der Waals surface area contributed by atoms with Gasteiger partial charge in [0.1, 0.15) is 0 Å². The molecular formula is C19H28N2O6. The molecular weight excluding hydrogens is 352 g/mol. The Kier molecular flexibility index (Phi) is 7.57. The predicted molar refractivity (Wildman–Crippen MR) is 99.8 cm³/mol. The summed E-state index contributed by atoms with van der Waals surface area (Å²) in [5.41, 5.74) is 0.448. The largest absolute Gasteiger partial charge is 0.493 e. The van der Waals surface area contributed by atoms with E-state index < -0.39 is 0 Å². The van der Waals surface area contributed by atoms with Gasteiger partial charge < -0.3 is 28.7 Å². The maximum absolute atomic E-state index is 12.9. The molecule has 1 fully saturated rings. The molecule has 1 heterocycles.